The average Bonchev–Trinajstić information content (AvgIpc) is 3.23. The molecule has 0 fully saturated rings. The maximum Gasteiger partial charge on any atom is 0.328 e. The molecule has 0 spiro atoms. The summed E-state index contributed by atoms with van der Waals surface area (Å²) in [6.45, 7) is 2.57. The number of para-hydroxylation sites is 1. The molecule has 13 nitrogen and oxygen atoms in total. The van der Waals surface area contributed by atoms with Crippen molar-refractivity contribution in [2.75, 3.05) is 6.61 Å². The summed E-state index contributed by atoms with van der Waals surface area (Å²) >= 11 is 0. The number of primary amides is 1. The van der Waals surface area contributed by atoms with Gasteiger partial charge in [-0.3, -0.25) is 19.2 Å². The number of carboxylic acid groups (broad SMARTS) is 1. The largest absolute Gasteiger partial charge is 0.480 e. The second kappa shape index (κ2) is 12.7. The SMILES string of the molecule is CC(C)C(N)C(=O)NC(Cc1c[nH]c2ccccc12)C(=O)NC(CC(N)=O)C(=O)NC(CO)C(=O)O. The molecule has 0 saturated heterocycles. The van der Waals surface area contributed by atoms with Crippen LogP contribution in [0.1, 0.15) is 25.8 Å². The molecule has 0 aliphatic rings. The number of aromatic amines is 1. The quantitative estimate of drug-likeness (QED) is 0.153. The van der Waals surface area contributed by atoms with Crippen molar-refractivity contribution in [3.05, 3.63) is 36.0 Å². The minimum absolute atomic E-state index is 0.0195. The molecule has 0 saturated carbocycles. The second-order valence-corrected chi connectivity index (χ2v) is 8.71. The molecule has 2 aromatic rings. The fraction of sp³-hybridized carbons (Fsp3) is 0.435. The highest BCUT2D eigenvalue weighted by Gasteiger charge is 2.32. The molecule has 0 radical (unpaired) electrons. The van der Waals surface area contributed by atoms with Gasteiger partial charge in [-0.05, 0) is 17.5 Å². The van der Waals surface area contributed by atoms with Crippen LogP contribution in [0.5, 0.6) is 0 Å². The number of amides is 4. The molecule has 196 valence electrons. The number of aliphatic hydroxyl groups excluding tert-OH is 1. The number of benzene rings is 1. The number of nitrogens with two attached hydrogens (primary N) is 2. The molecule has 0 bridgehead atoms. The van der Waals surface area contributed by atoms with Crippen LogP contribution in [0.2, 0.25) is 0 Å². The molecule has 4 amide bonds. The molecule has 36 heavy (non-hydrogen) atoms. The van der Waals surface area contributed by atoms with Crippen molar-refractivity contribution in [1.82, 2.24) is 20.9 Å². The van der Waals surface area contributed by atoms with Gasteiger partial charge < -0.3 is 42.6 Å². The Labute approximate surface area is 207 Å². The second-order valence-electron chi connectivity index (χ2n) is 8.71. The number of hydrogen-bond donors (Lipinski definition) is 8. The number of H-pyrrole nitrogens is 1. The number of rotatable bonds is 13. The van der Waals surface area contributed by atoms with E-state index in [-0.39, 0.29) is 12.3 Å². The van der Waals surface area contributed by atoms with E-state index in [1.165, 1.54) is 0 Å². The van der Waals surface area contributed by atoms with Crippen molar-refractivity contribution in [2.45, 2.75) is 50.9 Å². The topological polar surface area (TPSA) is 230 Å². The third-order valence-electron chi connectivity index (χ3n) is 5.59. The summed E-state index contributed by atoms with van der Waals surface area (Å²) < 4.78 is 0. The Hall–Kier alpha value is -3.97. The summed E-state index contributed by atoms with van der Waals surface area (Å²) in [5.74, 6) is -5.12. The summed E-state index contributed by atoms with van der Waals surface area (Å²) in [6, 6.07) is 2.01. The van der Waals surface area contributed by atoms with Gasteiger partial charge in [-0.15, -0.1) is 0 Å². The molecule has 0 aliphatic carbocycles. The van der Waals surface area contributed by atoms with Gasteiger partial charge in [0, 0.05) is 23.5 Å². The van der Waals surface area contributed by atoms with Gasteiger partial charge in [-0.25, -0.2) is 4.79 Å². The van der Waals surface area contributed by atoms with Gasteiger partial charge in [-0.1, -0.05) is 32.0 Å². The zero-order valence-corrected chi connectivity index (χ0v) is 20.0. The molecule has 0 aliphatic heterocycles. The van der Waals surface area contributed by atoms with Crippen LogP contribution in [-0.4, -0.2) is 75.6 Å². The predicted molar refractivity (Wildman–Crippen MR) is 129 cm³/mol. The number of aliphatic carboxylic acids is 1. The Morgan fingerprint density at radius 1 is 0.944 bits per heavy atom. The van der Waals surface area contributed by atoms with Gasteiger partial charge >= 0.3 is 5.97 Å². The zero-order chi connectivity index (χ0) is 27.0. The summed E-state index contributed by atoms with van der Waals surface area (Å²) in [5, 5.41) is 26.0. The lowest BCUT2D eigenvalue weighted by Gasteiger charge is -2.25. The lowest BCUT2D eigenvalue weighted by molar-refractivity contribution is -0.143. The molecule has 10 N–H and O–H groups in total. The van der Waals surface area contributed by atoms with Gasteiger partial charge in [0.25, 0.3) is 0 Å². The monoisotopic (exact) mass is 504 g/mol. The van der Waals surface area contributed by atoms with Crippen LogP contribution in [0.25, 0.3) is 10.9 Å². The van der Waals surface area contributed by atoms with E-state index in [4.69, 9.17) is 21.7 Å². The maximum atomic E-state index is 13.2. The van der Waals surface area contributed by atoms with Gasteiger partial charge in [0.2, 0.25) is 23.6 Å². The number of fused-ring (bicyclic) bond motifs is 1. The number of aliphatic hydroxyl groups is 1. The van der Waals surface area contributed by atoms with E-state index in [1.54, 1.807) is 20.0 Å². The fourth-order valence-corrected chi connectivity index (χ4v) is 3.44. The van der Waals surface area contributed by atoms with Gasteiger partial charge in [-0.2, -0.15) is 0 Å². The first-order valence-electron chi connectivity index (χ1n) is 11.3. The highest BCUT2D eigenvalue weighted by Crippen LogP contribution is 2.19. The van der Waals surface area contributed by atoms with Crippen LogP contribution >= 0.6 is 0 Å². The minimum atomic E-state index is -1.66. The number of carbonyl (C=O) groups is 5. The van der Waals surface area contributed by atoms with Crippen molar-refractivity contribution >= 4 is 40.5 Å². The number of nitrogens with one attached hydrogen (secondary N) is 4. The summed E-state index contributed by atoms with van der Waals surface area (Å²) in [5.41, 5.74) is 12.6. The molecule has 2 rings (SSSR count). The molecule has 4 unspecified atom stereocenters. The van der Waals surface area contributed by atoms with E-state index in [9.17, 15) is 24.0 Å². The first kappa shape index (κ1) is 28.3. The third-order valence-corrected chi connectivity index (χ3v) is 5.59. The smallest absolute Gasteiger partial charge is 0.328 e. The molecular weight excluding hydrogens is 472 g/mol. The number of hydrogen-bond acceptors (Lipinski definition) is 7. The molecular formula is C23H32N6O7. The maximum absolute atomic E-state index is 13.2. The number of carboxylic acids is 1. The average molecular weight is 505 g/mol. The molecule has 1 aromatic carbocycles. The van der Waals surface area contributed by atoms with Gasteiger partial charge in [0.05, 0.1) is 19.1 Å². The predicted octanol–water partition coefficient (Wildman–Crippen LogP) is -1.90. The van der Waals surface area contributed by atoms with E-state index < -0.39 is 66.8 Å². The van der Waals surface area contributed by atoms with Crippen molar-refractivity contribution in [3.63, 3.8) is 0 Å². The van der Waals surface area contributed by atoms with Crippen LogP contribution in [0.4, 0.5) is 0 Å². The number of carbonyl (C=O) groups excluding carboxylic acids is 4. The molecule has 13 heteroatoms. The Morgan fingerprint density at radius 3 is 2.11 bits per heavy atom. The first-order chi connectivity index (χ1) is 16.9. The van der Waals surface area contributed by atoms with E-state index in [0.29, 0.717) is 5.56 Å². The fourth-order valence-electron chi connectivity index (χ4n) is 3.44. The van der Waals surface area contributed by atoms with Gasteiger partial charge in [0.15, 0.2) is 0 Å². The summed E-state index contributed by atoms with van der Waals surface area (Å²) in [6.07, 6.45) is 1.06. The number of aromatic nitrogens is 1. The molecule has 1 aromatic heterocycles. The van der Waals surface area contributed by atoms with Crippen molar-refractivity contribution in [1.29, 1.82) is 0 Å². The third kappa shape index (κ3) is 7.52. The van der Waals surface area contributed by atoms with Crippen LogP contribution < -0.4 is 27.4 Å². The highest BCUT2D eigenvalue weighted by molar-refractivity contribution is 5.96. The normalized spacial score (nSPS) is 14.5. The lowest BCUT2D eigenvalue weighted by atomic mass is 10.0. The van der Waals surface area contributed by atoms with Crippen LogP contribution in [0.15, 0.2) is 30.5 Å². The van der Waals surface area contributed by atoms with E-state index in [0.717, 1.165) is 10.9 Å². The van der Waals surface area contributed by atoms with Crippen LogP contribution in [0.3, 0.4) is 0 Å². The van der Waals surface area contributed by atoms with E-state index >= 15 is 0 Å². The van der Waals surface area contributed by atoms with Crippen molar-refractivity contribution < 1.29 is 34.2 Å². The van der Waals surface area contributed by atoms with E-state index in [2.05, 4.69) is 15.6 Å². The summed E-state index contributed by atoms with van der Waals surface area (Å²) in [7, 11) is 0. The Bertz CT molecular complexity index is 1120. The lowest BCUT2D eigenvalue weighted by Crippen LogP contribution is -2.58. The Morgan fingerprint density at radius 2 is 1.53 bits per heavy atom. The minimum Gasteiger partial charge on any atom is -0.480 e. The molecule has 4 atom stereocenters. The van der Waals surface area contributed by atoms with Crippen LogP contribution in [0, 0.1) is 5.92 Å². The van der Waals surface area contributed by atoms with Crippen molar-refractivity contribution in [2.24, 2.45) is 17.4 Å². The highest BCUT2D eigenvalue weighted by atomic mass is 16.4. The molecule has 1 heterocycles. The standard InChI is InChI=1S/C23H32N6O7/c1-11(2)19(25)22(34)28-15(7-12-9-26-14-6-4-3-5-13(12)14)20(32)27-16(8-18(24)31)21(33)29-17(10-30)23(35)36/h3-6,9,11,15-17,19,26,30H,7-8,10,25H2,1-2H3,(H2,24,31)(H,27,32)(H,28,34)(H,29,33)(H,35,36). The van der Waals surface area contributed by atoms with Gasteiger partial charge in [0.1, 0.15) is 18.1 Å². The summed E-state index contributed by atoms with van der Waals surface area (Å²) in [4.78, 5) is 64.3. The first-order valence-corrected chi connectivity index (χ1v) is 11.3. The van der Waals surface area contributed by atoms with Crippen molar-refractivity contribution in [3.8, 4) is 0 Å². The van der Waals surface area contributed by atoms with Crippen LogP contribution in [-0.2, 0) is 30.4 Å². The van der Waals surface area contributed by atoms with E-state index in [1.807, 2.05) is 29.6 Å². The zero-order valence-electron chi connectivity index (χ0n) is 20.0. The Kier molecular flexibility index (Phi) is 9.93. The Balaban J connectivity index is 2.31.